The Labute approximate surface area is 193 Å². The molecule has 0 fully saturated rings. The SMILES string of the molecule is Cc1cccc(/C=N\NC(=O)CN(Cc2cccc(C)c2)S(=O)(=O)c2ccc(Cl)cc2)c1. The molecule has 0 bridgehead atoms. The van der Waals surface area contributed by atoms with Crippen molar-refractivity contribution in [2.45, 2.75) is 25.3 Å². The number of rotatable bonds is 8. The van der Waals surface area contributed by atoms with Gasteiger partial charge in [-0.05, 0) is 49.2 Å². The van der Waals surface area contributed by atoms with Crippen LogP contribution in [0.3, 0.4) is 0 Å². The summed E-state index contributed by atoms with van der Waals surface area (Å²) in [6.07, 6.45) is 1.52. The highest BCUT2D eigenvalue weighted by Crippen LogP contribution is 2.21. The van der Waals surface area contributed by atoms with Crippen LogP contribution in [0.1, 0.15) is 22.3 Å². The number of nitrogens with zero attached hydrogens (tertiary/aromatic N) is 2. The topological polar surface area (TPSA) is 78.8 Å². The first-order chi connectivity index (χ1) is 15.2. The number of hydrogen-bond donors (Lipinski definition) is 1. The van der Waals surface area contributed by atoms with Crippen molar-refractivity contribution >= 4 is 33.7 Å². The van der Waals surface area contributed by atoms with Crippen LogP contribution in [0.2, 0.25) is 5.02 Å². The smallest absolute Gasteiger partial charge is 0.255 e. The fraction of sp³-hybridized carbons (Fsp3) is 0.167. The molecule has 0 aliphatic heterocycles. The van der Waals surface area contributed by atoms with Gasteiger partial charge in [0.15, 0.2) is 0 Å². The molecule has 3 rings (SSSR count). The van der Waals surface area contributed by atoms with Gasteiger partial charge in [-0.2, -0.15) is 9.41 Å². The van der Waals surface area contributed by atoms with Crippen LogP contribution in [0.25, 0.3) is 0 Å². The van der Waals surface area contributed by atoms with Crippen molar-refractivity contribution < 1.29 is 13.2 Å². The minimum atomic E-state index is -3.94. The number of aryl methyl sites for hydroxylation is 2. The number of amides is 1. The molecule has 1 amide bonds. The van der Waals surface area contributed by atoms with Crippen LogP contribution in [-0.2, 0) is 21.4 Å². The summed E-state index contributed by atoms with van der Waals surface area (Å²) in [5.41, 5.74) is 6.09. The number of carbonyl (C=O) groups is 1. The van der Waals surface area contributed by atoms with Gasteiger partial charge < -0.3 is 0 Å². The fourth-order valence-electron chi connectivity index (χ4n) is 3.12. The van der Waals surface area contributed by atoms with Crippen LogP contribution in [0.5, 0.6) is 0 Å². The van der Waals surface area contributed by atoms with Gasteiger partial charge in [-0.15, -0.1) is 0 Å². The number of carbonyl (C=O) groups excluding carboxylic acids is 1. The normalized spacial score (nSPS) is 11.8. The Morgan fingerprint density at radius 3 is 2.31 bits per heavy atom. The van der Waals surface area contributed by atoms with Crippen molar-refractivity contribution in [2.75, 3.05) is 6.54 Å². The van der Waals surface area contributed by atoms with Crippen LogP contribution in [0.4, 0.5) is 0 Å². The van der Waals surface area contributed by atoms with Gasteiger partial charge in [-0.3, -0.25) is 4.79 Å². The van der Waals surface area contributed by atoms with Gasteiger partial charge in [0.1, 0.15) is 0 Å². The number of nitrogens with one attached hydrogen (secondary N) is 1. The maximum absolute atomic E-state index is 13.3. The molecule has 8 heteroatoms. The van der Waals surface area contributed by atoms with E-state index in [0.29, 0.717) is 5.02 Å². The van der Waals surface area contributed by atoms with Gasteiger partial charge in [0.25, 0.3) is 5.91 Å². The average molecular weight is 470 g/mol. The van der Waals surface area contributed by atoms with Gasteiger partial charge in [-0.1, -0.05) is 71.3 Å². The Balaban J connectivity index is 1.80. The highest BCUT2D eigenvalue weighted by atomic mass is 35.5. The first-order valence-corrected chi connectivity index (χ1v) is 11.8. The molecule has 0 aliphatic carbocycles. The molecular formula is C24H24ClN3O3S. The molecule has 3 aromatic carbocycles. The zero-order chi connectivity index (χ0) is 23.1. The van der Waals surface area contributed by atoms with Crippen LogP contribution in [0.15, 0.2) is 82.8 Å². The van der Waals surface area contributed by atoms with Crippen molar-refractivity contribution in [1.82, 2.24) is 9.73 Å². The summed E-state index contributed by atoms with van der Waals surface area (Å²) in [6.45, 7) is 3.54. The number of halogens is 1. The number of benzene rings is 3. The Hall–Kier alpha value is -3.00. The van der Waals surface area contributed by atoms with Crippen LogP contribution in [0, 0.1) is 13.8 Å². The van der Waals surface area contributed by atoms with E-state index < -0.39 is 15.9 Å². The second kappa shape index (κ2) is 10.5. The van der Waals surface area contributed by atoms with Crippen molar-refractivity contribution in [3.8, 4) is 0 Å². The largest absolute Gasteiger partial charge is 0.272 e. The van der Waals surface area contributed by atoms with E-state index in [2.05, 4.69) is 10.5 Å². The molecule has 0 aliphatic rings. The van der Waals surface area contributed by atoms with Gasteiger partial charge in [0.05, 0.1) is 17.7 Å². The van der Waals surface area contributed by atoms with E-state index in [1.807, 2.05) is 62.4 Å². The molecule has 0 aromatic heterocycles. The zero-order valence-electron chi connectivity index (χ0n) is 17.8. The minimum absolute atomic E-state index is 0.0433. The lowest BCUT2D eigenvalue weighted by atomic mass is 10.1. The molecule has 0 saturated carbocycles. The number of hydrogen-bond acceptors (Lipinski definition) is 4. The molecule has 0 radical (unpaired) electrons. The Morgan fingerprint density at radius 2 is 1.66 bits per heavy atom. The molecular weight excluding hydrogens is 446 g/mol. The van der Waals surface area contributed by atoms with Gasteiger partial charge in [-0.25, -0.2) is 13.8 Å². The van der Waals surface area contributed by atoms with Crippen molar-refractivity contribution in [2.24, 2.45) is 5.10 Å². The number of hydrazone groups is 1. The first-order valence-electron chi connectivity index (χ1n) is 9.94. The molecule has 3 aromatic rings. The third-order valence-electron chi connectivity index (χ3n) is 4.66. The maximum Gasteiger partial charge on any atom is 0.255 e. The standard InChI is InChI=1S/C24H24ClN3O3S/c1-18-5-3-7-20(13-18)15-26-27-24(29)17-28(16-21-8-4-6-19(2)14-21)32(30,31)23-11-9-22(25)10-12-23/h3-15H,16-17H2,1-2H3,(H,27,29)/b26-15-. The summed E-state index contributed by atoms with van der Waals surface area (Å²) in [6, 6.07) is 21.0. The molecule has 1 N–H and O–H groups in total. The van der Waals surface area contributed by atoms with Crippen LogP contribution < -0.4 is 5.43 Å². The Kier molecular flexibility index (Phi) is 7.80. The fourth-order valence-corrected chi connectivity index (χ4v) is 4.63. The third kappa shape index (κ3) is 6.50. The predicted molar refractivity (Wildman–Crippen MR) is 127 cm³/mol. The molecule has 0 unspecified atom stereocenters. The lowest BCUT2D eigenvalue weighted by Crippen LogP contribution is -2.39. The summed E-state index contributed by atoms with van der Waals surface area (Å²) >= 11 is 5.90. The summed E-state index contributed by atoms with van der Waals surface area (Å²) in [5, 5.41) is 4.39. The van der Waals surface area contributed by atoms with E-state index >= 15 is 0 Å². The van der Waals surface area contributed by atoms with Gasteiger partial charge in [0, 0.05) is 11.6 Å². The average Bonchev–Trinajstić information content (AvgIpc) is 2.74. The summed E-state index contributed by atoms with van der Waals surface area (Å²) in [5.74, 6) is -0.543. The summed E-state index contributed by atoms with van der Waals surface area (Å²) < 4.78 is 27.7. The van der Waals surface area contributed by atoms with Crippen molar-refractivity contribution in [3.63, 3.8) is 0 Å². The van der Waals surface area contributed by atoms with Gasteiger partial charge in [0.2, 0.25) is 10.0 Å². The zero-order valence-corrected chi connectivity index (χ0v) is 19.4. The Bertz CT molecular complexity index is 1230. The monoisotopic (exact) mass is 469 g/mol. The van der Waals surface area contributed by atoms with Crippen molar-refractivity contribution in [3.05, 3.63) is 100 Å². The predicted octanol–water partition coefficient (Wildman–Crippen LogP) is 4.30. The van der Waals surface area contributed by atoms with Crippen molar-refractivity contribution in [1.29, 1.82) is 0 Å². The second-order valence-electron chi connectivity index (χ2n) is 7.42. The minimum Gasteiger partial charge on any atom is -0.272 e. The highest BCUT2D eigenvalue weighted by molar-refractivity contribution is 7.89. The molecule has 0 spiro atoms. The van der Waals surface area contributed by atoms with E-state index in [-0.39, 0.29) is 18.0 Å². The van der Waals surface area contributed by atoms with E-state index in [4.69, 9.17) is 11.6 Å². The first kappa shape index (κ1) is 23.7. The van der Waals surface area contributed by atoms with Crippen LogP contribution in [-0.4, -0.2) is 31.4 Å². The molecule has 0 atom stereocenters. The summed E-state index contributed by atoms with van der Waals surface area (Å²) in [7, 11) is -3.94. The number of sulfonamides is 1. The molecule has 6 nitrogen and oxygen atoms in total. The summed E-state index contributed by atoms with van der Waals surface area (Å²) in [4.78, 5) is 12.6. The lowest BCUT2D eigenvalue weighted by Gasteiger charge is -2.21. The lowest BCUT2D eigenvalue weighted by molar-refractivity contribution is -0.121. The second-order valence-corrected chi connectivity index (χ2v) is 9.80. The maximum atomic E-state index is 13.3. The Morgan fingerprint density at radius 1 is 1.00 bits per heavy atom. The van der Waals surface area contributed by atoms with Crippen LogP contribution >= 0.6 is 11.6 Å². The molecule has 0 heterocycles. The quantitative estimate of drug-likeness (QED) is 0.394. The van der Waals surface area contributed by atoms with Gasteiger partial charge >= 0.3 is 0 Å². The third-order valence-corrected chi connectivity index (χ3v) is 6.72. The molecule has 32 heavy (non-hydrogen) atoms. The molecule has 166 valence electrons. The van der Waals surface area contributed by atoms with E-state index in [1.165, 1.54) is 30.5 Å². The van der Waals surface area contributed by atoms with E-state index in [0.717, 1.165) is 26.6 Å². The van der Waals surface area contributed by atoms with E-state index in [1.54, 1.807) is 0 Å². The molecule has 0 saturated heterocycles. The highest BCUT2D eigenvalue weighted by Gasteiger charge is 2.27. The van der Waals surface area contributed by atoms with E-state index in [9.17, 15) is 13.2 Å².